The number of anilines is 1. The lowest BCUT2D eigenvalue weighted by Gasteiger charge is -2.35. The minimum Gasteiger partial charge on any atom is -0.444 e. The fourth-order valence-corrected chi connectivity index (χ4v) is 3.65. The third-order valence-electron chi connectivity index (χ3n) is 4.85. The van der Waals surface area contributed by atoms with Crippen molar-refractivity contribution in [2.75, 3.05) is 31.1 Å². The molecular weight excluding hydrogens is 347 g/mol. The molecule has 0 saturated carbocycles. The molecule has 2 aliphatic rings. The summed E-state index contributed by atoms with van der Waals surface area (Å²) in [7, 11) is 0. The lowest BCUT2D eigenvalue weighted by atomic mass is 9.88. The number of amides is 1. The van der Waals surface area contributed by atoms with Gasteiger partial charge in [-0.1, -0.05) is 0 Å². The average molecular weight is 371 g/mol. The summed E-state index contributed by atoms with van der Waals surface area (Å²) in [5.41, 5.74) is -0.887. The summed E-state index contributed by atoms with van der Waals surface area (Å²) in [5.74, 6) is 0.599. The van der Waals surface area contributed by atoms with Crippen LogP contribution in [0, 0.1) is 11.8 Å². The fourth-order valence-electron chi connectivity index (χ4n) is 3.65. The number of ether oxygens (including phenoxy) is 1. The van der Waals surface area contributed by atoms with Crippen LogP contribution in [0.5, 0.6) is 0 Å². The molecule has 1 aromatic heterocycles. The van der Waals surface area contributed by atoms with Crippen LogP contribution in [0.3, 0.4) is 0 Å². The largest absolute Gasteiger partial charge is 0.444 e. The van der Waals surface area contributed by atoms with Crippen LogP contribution in [-0.2, 0) is 10.9 Å². The van der Waals surface area contributed by atoms with E-state index in [1.807, 2.05) is 25.7 Å². The van der Waals surface area contributed by atoms with E-state index in [1.165, 1.54) is 6.20 Å². The highest BCUT2D eigenvalue weighted by Gasteiger charge is 2.40. The van der Waals surface area contributed by atoms with Gasteiger partial charge in [0, 0.05) is 38.1 Å². The summed E-state index contributed by atoms with van der Waals surface area (Å²) in [6.07, 6.45) is -2.73. The molecule has 8 heteroatoms. The number of rotatable bonds is 1. The second-order valence-electron chi connectivity index (χ2n) is 8.04. The standard InChI is InChI=1S/C18H24F3N3O2/c1-17(2,3)26-16(25)24-9-12-5-7-23(10-13(12)11-24)14-4-6-22-15(8-14)18(19,20)21/h4,6,8,12-13H,5,7,9-11H2,1-3H3/t12-,13+/m0/s1. The van der Waals surface area contributed by atoms with Gasteiger partial charge >= 0.3 is 12.3 Å². The Morgan fingerprint density at radius 2 is 1.88 bits per heavy atom. The zero-order valence-corrected chi connectivity index (χ0v) is 15.2. The maximum atomic E-state index is 12.9. The Hall–Kier alpha value is -1.99. The molecule has 1 amide bonds. The molecule has 0 aliphatic carbocycles. The van der Waals surface area contributed by atoms with Crippen molar-refractivity contribution < 1.29 is 22.7 Å². The van der Waals surface area contributed by atoms with Crippen LogP contribution in [0.2, 0.25) is 0 Å². The van der Waals surface area contributed by atoms with Crippen LogP contribution >= 0.6 is 0 Å². The summed E-state index contributed by atoms with van der Waals surface area (Å²) in [5, 5.41) is 0. The third kappa shape index (κ3) is 4.22. The Morgan fingerprint density at radius 3 is 2.54 bits per heavy atom. The van der Waals surface area contributed by atoms with Crippen LogP contribution < -0.4 is 4.90 Å². The second-order valence-corrected chi connectivity index (χ2v) is 8.04. The van der Waals surface area contributed by atoms with Crippen molar-refractivity contribution in [3.05, 3.63) is 24.0 Å². The van der Waals surface area contributed by atoms with Gasteiger partial charge in [0.1, 0.15) is 11.3 Å². The summed E-state index contributed by atoms with van der Waals surface area (Å²) < 4.78 is 44.1. The summed E-state index contributed by atoms with van der Waals surface area (Å²) in [4.78, 5) is 19.4. The molecule has 5 nitrogen and oxygen atoms in total. The van der Waals surface area contributed by atoms with Gasteiger partial charge in [0.05, 0.1) is 0 Å². The molecule has 0 radical (unpaired) electrons. The monoisotopic (exact) mass is 371 g/mol. The third-order valence-corrected chi connectivity index (χ3v) is 4.85. The molecule has 2 saturated heterocycles. The van der Waals surface area contributed by atoms with E-state index < -0.39 is 17.5 Å². The van der Waals surface area contributed by atoms with Gasteiger partial charge in [0.15, 0.2) is 0 Å². The van der Waals surface area contributed by atoms with E-state index in [4.69, 9.17) is 4.74 Å². The molecule has 0 N–H and O–H groups in total. The van der Waals surface area contributed by atoms with E-state index in [0.717, 1.165) is 12.5 Å². The van der Waals surface area contributed by atoms with E-state index in [1.54, 1.807) is 11.0 Å². The van der Waals surface area contributed by atoms with Crippen LogP contribution in [0.15, 0.2) is 18.3 Å². The number of carbonyl (C=O) groups is 1. The molecule has 2 aliphatic heterocycles. The molecule has 0 unspecified atom stereocenters. The first-order valence-corrected chi connectivity index (χ1v) is 8.79. The Bertz CT molecular complexity index is 672. The molecule has 144 valence electrons. The first-order chi connectivity index (χ1) is 12.0. The van der Waals surface area contributed by atoms with Gasteiger partial charge in [-0.05, 0) is 51.2 Å². The topological polar surface area (TPSA) is 45.7 Å². The highest BCUT2D eigenvalue weighted by Crippen LogP contribution is 2.35. The zero-order chi connectivity index (χ0) is 19.1. The van der Waals surface area contributed by atoms with Gasteiger partial charge in [-0.3, -0.25) is 4.98 Å². The summed E-state index contributed by atoms with van der Waals surface area (Å²) >= 11 is 0. The number of likely N-dealkylation sites (tertiary alicyclic amines) is 1. The Morgan fingerprint density at radius 1 is 1.19 bits per heavy atom. The van der Waals surface area contributed by atoms with Crippen molar-refractivity contribution in [1.82, 2.24) is 9.88 Å². The van der Waals surface area contributed by atoms with E-state index in [-0.39, 0.29) is 12.0 Å². The first-order valence-electron chi connectivity index (χ1n) is 8.79. The van der Waals surface area contributed by atoms with Crippen molar-refractivity contribution in [3.8, 4) is 0 Å². The summed E-state index contributed by atoms with van der Waals surface area (Å²) in [6, 6.07) is 2.71. The molecule has 2 atom stereocenters. The average Bonchev–Trinajstić information content (AvgIpc) is 2.96. The van der Waals surface area contributed by atoms with Gasteiger partial charge in [0.2, 0.25) is 0 Å². The molecule has 3 rings (SSSR count). The van der Waals surface area contributed by atoms with Gasteiger partial charge < -0.3 is 14.5 Å². The number of pyridine rings is 1. The number of alkyl halides is 3. The lowest BCUT2D eigenvalue weighted by molar-refractivity contribution is -0.141. The van der Waals surface area contributed by atoms with Crippen LogP contribution in [-0.4, -0.2) is 47.8 Å². The lowest BCUT2D eigenvalue weighted by Crippen LogP contribution is -2.40. The SMILES string of the molecule is CC(C)(C)OC(=O)N1C[C@@H]2CCN(c3ccnc(C(F)(F)F)c3)C[C@@H]2C1. The zero-order valence-electron chi connectivity index (χ0n) is 15.2. The smallest absolute Gasteiger partial charge is 0.433 e. The number of carbonyl (C=O) groups excluding carboxylic acids is 1. The van der Waals surface area contributed by atoms with Gasteiger partial charge in [-0.15, -0.1) is 0 Å². The Labute approximate surface area is 151 Å². The van der Waals surface area contributed by atoms with Crippen molar-refractivity contribution in [1.29, 1.82) is 0 Å². The predicted molar refractivity (Wildman–Crippen MR) is 90.9 cm³/mol. The molecule has 2 fully saturated rings. The molecule has 3 heterocycles. The van der Waals surface area contributed by atoms with Crippen LogP contribution in [0.1, 0.15) is 32.9 Å². The van der Waals surface area contributed by atoms with Crippen LogP contribution in [0.4, 0.5) is 23.7 Å². The molecule has 0 aromatic carbocycles. The number of piperidine rings is 1. The molecule has 26 heavy (non-hydrogen) atoms. The quantitative estimate of drug-likeness (QED) is 0.753. The second kappa shape index (κ2) is 6.63. The number of hydrogen-bond donors (Lipinski definition) is 0. The van der Waals surface area contributed by atoms with Gasteiger partial charge in [-0.25, -0.2) is 4.79 Å². The first kappa shape index (κ1) is 18.8. The number of nitrogens with zero attached hydrogens (tertiary/aromatic N) is 3. The van der Waals surface area contributed by atoms with E-state index in [2.05, 4.69) is 4.98 Å². The Balaban J connectivity index is 1.66. The number of fused-ring (bicyclic) bond motifs is 1. The molecule has 0 spiro atoms. The number of halogens is 3. The van der Waals surface area contributed by atoms with Gasteiger partial charge in [0.25, 0.3) is 0 Å². The fraction of sp³-hybridized carbons (Fsp3) is 0.667. The molecular formula is C18H24F3N3O2. The summed E-state index contributed by atoms with van der Waals surface area (Å²) in [6.45, 7) is 8.02. The minimum atomic E-state index is -4.45. The van der Waals surface area contributed by atoms with Crippen molar-refractivity contribution in [2.45, 2.75) is 39.0 Å². The minimum absolute atomic E-state index is 0.235. The van der Waals surface area contributed by atoms with Crippen molar-refractivity contribution in [3.63, 3.8) is 0 Å². The highest BCUT2D eigenvalue weighted by molar-refractivity contribution is 5.68. The molecule has 0 bridgehead atoms. The van der Waals surface area contributed by atoms with E-state index >= 15 is 0 Å². The highest BCUT2D eigenvalue weighted by atomic mass is 19.4. The van der Waals surface area contributed by atoms with Crippen molar-refractivity contribution >= 4 is 11.8 Å². The van der Waals surface area contributed by atoms with E-state index in [9.17, 15) is 18.0 Å². The van der Waals surface area contributed by atoms with Crippen LogP contribution in [0.25, 0.3) is 0 Å². The Kier molecular flexibility index (Phi) is 4.79. The van der Waals surface area contributed by atoms with Crippen molar-refractivity contribution in [2.24, 2.45) is 11.8 Å². The van der Waals surface area contributed by atoms with Gasteiger partial charge in [-0.2, -0.15) is 13.2 Å². The maximum Gasteiger partial charge on any atom is 0.433 e. The number of aromatic nitrogens is 1. The maximum absolute atomic E-state index is 12.9. The number of hydrogen-bond acceptors (Lipinski definition) is 4. The van der Waals surface area contributed by atoms with E-state index in [0.29, 0.717) is 37.8 Å². The molecule has 1 aromatic rings. The predicted octanol–water partition coefficient (Wildman–Crippen LogP) is 3.79. The normalized spacial score (nSPS) is 23.8.